The number of hydrogen-bond donors (Lipinski definition) is 0. The molecule has 5 nitrogen and oxygen atoms in total. The summed E-state index contributed by atoms with van der Waals surface area (Å²) in [5.41, 5.74) is 1.54. The standard InChI is InChI=1S/C14H15FN4O/c15-12-3-4-14(16-7-12)11-6-17-19(8-11)9-13-2-1-5-18(13)10-20/h3-4,6-8,10,13H,1-2,5,9H2/t13-/m0/s1. The van der Waals surface area contributed by atoms with Gasteiger partial charge in [-0.2, -0.15) is 5.10 Å². The third-order valence-electron chi connectivity index (χ3n) is 3.61. The van der Waals surface area contributed by atoms with Gasteiger partial charge in [0.2, 0.25) is 6.41 Å². The minimum absolute atomic E-state index is 0.210. The molecule has 0 aliphatic carbocycles. The summed E-state index contributed by atoms with van der Waals surface area (Å²) in [5.74, 6) is -0.353. The highest BCUT2D eigenvalue weighted by Gasteiger charge is 2.23. The van der Waals surface area contributed by atoms with Crippen LogP contribution in [0.3, 0.4) is 0 Å². The third kappa shape index (κ3) is 2.54. The summed E-state index contributed by atoms with van der Waals surface area (Å²) in [6, 6.07) is 3.22. The van der Waals surface area contributed by atoms with Crippen molar-refractivity contribution in [3.05, 3.63) is 36.5 Å². The van der Waals surface area contributed by atoms with Crippen LogP contribution in [0.25, 0.3) is 11.3 Å². The Balaban J connectivity index is 1.73. The van der Waals surface area contributed by atoms with Crippen LogP contribution >= 0.6 is 0 Å². The van der Waals surface area contributed by atoms with E-state index in [2.05, 4.69) is 10.1 Å². The number of rotatable bonds is 4. The summed E-state index contributed by atoms with van der Waals surface area (Å²) >= 11 is 0. The second-order valence-electron chi connectivity index (χ2n) is 4.95. The van der Waals surface area contributed by atoms with Crippen LogP contribution in [0.2, 0.25) is 0 Å². The molecule has 1 fully saturated rings. The third-order valence-corrected chi connectivity index (χ3v) is 3.61. The molecule has 2 aromatic heterocycles. The maximum Gasteiger partial charge on any atom is 0.210 e. The maximum atomic E-state index is 12.8. The van der Waals surface area contributed by atoms with Gasteiger partial charge in [0.1, 0.15) is 5.82 Å². The van der Waals surface area contributed by atoms with E-state index in [9.17, 15) is 9.18 Å². The van der Waals surface area contributed by atoms with E-state index in [1.807, 2.05) is 15.8 Å². The van der Waals surface area contributed by atoms with Gasteiger partial charge in [-0.25, -0.2) is 4.39 Å². The summed E-state index contributed by atoms with van der Waals surface area (Å²) < 4.78 is 14.7. The first-order valence-electron chi connectivity index (χ1n) is 6.61. The van der Waals surface area contributed by atoms with Crippen molar-refractivity contribution < 1.29 is 9.18 Å². The van der Waals surface area contributed by atoms with E-state index < -0.39 is 0 Å². The van der Waals surface area contributed by atoms with Gasteiger partial charge >= 0.3 is 0 Å². The molecule has 104 valence electrons. The van der Waals surface area contributed by atoms with E-state index in [1.54, 1.807) is 12.3 Å². The molecule has 3 rings (SSSR count). The van der Waals surface area contributed by atoms with Crippen LogP contribution in [0.15, 0.2) is 30.7 Å². The molecule has 1 aliphatic heterocycles. The van der Waals surface area contributed by atoms with Crippen molar-refractivity contribution >= 4 is 6.41 Å². The molecule has 6 heteroatoms. The Morgan fingerprint density at radius 1 is 1.40 bits per heavy atom. The van der Waals surface area contributed by atoms with Gasteiger partial charge in [0, 0.05) is 18.3 Å². The first-order chi connectivity index (χ1) is 9.76. The fourth-order valence-electron chi connectivity index (χ4n) is 2.55. The zero-order valence-electron chi connectivity index (χ0n) is 10.9. The zero-order valence-corrected chi connectivity index (χ0v) is 10.9. The van der Waals surface area contributed by atoms with E-state index in [-0.39, 0.29) is 11.9 Å². The van der Waals surface area contributed by atoms with Crippen molar-refractivity contribution in [3.63, 3.8) is 0 Å². The van der Waals surface area contributed by atoms with Gasteiger partial charge in [-0.3, -0.25) is 14.5 Å². The average molecular weight is 274 g/mol. The van der Waals surface area contributed by atoms with E-state index in [4.69, 9.17) is 0 Å². The number of pyridine rings is 1. The second kappa shape index (κ2) is 5.40. The van der Waals surface area contributed by atoms with Crippen molar-refractivity contribution in [2.45, 2.75) is 25.4 Å². The minimum atomic E-state index is -0.353. The molecule has 0 radical (unpaired) electrons. The Kier molecular flexibility index (Phi) is 3.45. The Bertz CT molecular complexity index is 595. The molecular weight excluding hydrogens is 259 g/mol. The molecule has 1 saturated heterocycles. The van der Waals surface area contributed by atoms with Gasteiger partial charge in [0.05, 0.1) is 30.7 Å². The van der Waals surface area contributed by atoms with Crippen molar-refractivity contribution in [1.82, 2.24) is 19.7 Å². The Labute approximate surface area is 116 Å². The van der Waals surface area contributed by atoms with Gasteiger partial charge in [-0.05, 0) is 25.0 Å². The van der Waals surface area contributed by atoms with Crippen LogP contribution in [-0.2, 0) is 11.3 Å². The van der Waals surface area contributed by atoms with Gasteiger partial charge in [-0.1, -0.05) is 0 Å². The van der Waals surface area contributed by atoms with Crippen LogP contribution in [0.5, 0.6) is 0 Å². The predicted molar refractivity (Wildman–Crippen MR) is 71.2 cm³/mol. The van der Waals surface area contributed by atoms with Gasteiger partial charge < -0.3 is 4.90 Å². The molecule has 0 aromatic carbocycles. The molecule has 0 N–H and O–H groups in total. The Morgan fingerprint density at radius 3 is 3.05 bits per heavy atom. The number of aromatic nitrogens is 3. The van der Waals surface area contributed by atoms with Gasteiger partial charge in [0.25, 0.3) is 0 Å². The molecule has 1 amide bonds. The highest BCUT2D eigenvalue weighted by atomic mass is 19.1. The number of halogens is 1. The smallest absolute Gasteiger partial charge is 0.210 e. The number of amides is 1. The summed E-state index contributed by atoms with van der Waals surface area (Å²) in [4.78, 5) is 16.8. The Hall–Kier alpha value is -2.24. The maximum absolute atomic E-state index is 12.8. The molecule has 1 aliphatic rings. The second-order valence-corrected chi connectivity index (χ2v) is 4.95. The van der Waals surface area contributed by atoms with Crippen LogP contribution in [0.1, 0.15) is 12.8 Å². The first-order valence-corrected chi connectivity index (χ1v) is 6.61. The lowest BCUT2D eigenvalue weighted by Crippen LogP contribution is -2.31. The van der Waals surface area contributed by atoms with Crippen molar-refractivity contribution in [1.29, 1.82) is 0 Å². The lowest BCUT2D eigenvalue weighted by molar-refractivity contribution is -0.119. The SMILES string of the molecule is O=CN1CCC[C@H]1Cn1cc(-c2ccc(F)cn2)cn1. The van der Waals surface area contributed by atoms with Crippen LogP contribution < -0.4 is 0 Å². The number of carbonyl (C=O) groups is 1. The van der Waals surface area contributed by atoms with Crippen molar-refractivity contribution in [2.24, 2.45) is 0 Å². The molecule has 0 saturated carbocycles. The highest BCUT2D eigenvalue weighted by Crippen LogP contribution is 2.19. The minimum Gasteiger partial charge on any atom is -0.340 e. The lowest BCUT2D eigenvalue weighted by Gasteiger charge is -2.19. The van der Waals surface area contributed by atoms with E-state index in [1.165, 1.54) is 12.3 Å². The topological polar surface area (TPSA) is 51.0 Å². The number of nitrogens with zero attached hydrogens (tertiary/aromatic N) is 4. The normalized spacial score (nSPS) is 18.4. The quantitative estimate of drug-likeness (QED) is 0.797. The summed E-state index contributed by atoms with van der Waals surface area (Å²) in [6.07, 6.45) is 7.73. The van der Waals surface area contributed by atoms with Gasteiger partial charge in [-0.15, -0.1) is 0 Å². The van der Waals surface area contributed by atoms with E-state index >= 15 is 0 Å². The van der Waals surface area contributed by atoms with Gasteiger partial charge in [0.15, 0.2) is 0 Å². The number of carbonyl (C=O) groups excluding carboxylic acids is 1. The lowest BCUT2D eigenvalue weighted by atomic mass is 10.2. The summed E-state index contributed by atoms with van der Waals surface area (Å²) in [5, 5.41) is 4.29. The summed E-state index contributed by atoms with van der Waals surface area (Å²) in [7, 11) is 0. The van der Waals surface area contributed by atoms with E-state index in [0.29, 0.717) is 12.2 Å². The average Bonchev–Trinajstić information content (AvgIpc) is 3.09. The van der Waals surface area contributed by atoms with Crippen LogP contribution in [0, 0.1) is 5.82 Å². The Morgan fingerprint density at radius 2 is 2.30 bits per heavy atom. The van der Waals surface area contributed by atoms with Crippen molar-refractivity contribution in [2.75, 3.05) is 6.54 Å². The molecule has 3 heterocycles. The largest absolute Gasteiger partial charge is 0.340 e. The molecule has 0 unspecified atom stereocenters. The fraction of sp³-hybridized carbons (Fsp3) is 0.357. The van der Waals surface area contributed by atoms with Crippen LogP contribution in [-0.4, -0.2) is 38.7 Å². The molecule has 0 spiro atoms. The molecule has 2 aromatic rings. The summed E-state index contributed by atoms with van der Waals surface area (Å²) in [6.45, 7) is 1.50. The molecular formula is C14H15FN4O. The molecule has 20 heavy (non-hydrogen) atoms. The fourth-order valence-corrected chi connectivity index (χ4v) is 2.55. The predicted octanol–water partition coefficient (Wildman–Crippen LogP) is 1.70. The molecule has 0 bridgehead atoms. The monoisotopic (exact) mass is 274 g/mol. The van der Waals surface area contributed by atoms with E-state index in [0.717, 1.165) is 31.4 Å². The highest BCUT2D eigenvalue weighted by molar-refractivity contribution is 5.56. The van der Waals surface area contributed by atoms with Crippen molar-refractivity contribution in [3.8, 4) is 11.3 Å². The number of likely N-dealkylation sites (tertiary alicyclic amines) is 1. The zero-order chi connectivity index (χ0) is 13.9. The molecule has 1 atom stereocenters. The van der Waals surface area contributed by atoms with Crippen LogP contribution in [0.4, 0.5) is 4.39 Å². The number of hydrogen-bond acceptors (Lipinski definition) is 3. The first kappa shape index (κ1) is 12.8.